The van der Waals surface area contributed by atoms with Crippen molar-refractivity contribution in [3.8, 4) is 0 Å². The second kappa shape index (κ2) is 14.1. The molecule has 1 aliphatic rings. The first-order valence-corrected chi connectivity index (χ1v) is 28.7. The number of anilines is 2. The zero-order valence-electron chi connectivity index (χ0n) is 23.4. The third-order valence-electron chi connectivity index (χ3n) is 6.51. The molecule has 2 aromatic heterocycles. The summed E-state index contributed by atoms with van der Waals surface area (Å²) in [7, 11) is 24.7. The van der Waals surface area contributed by atoms with Gasteiger partial charge in [0.1, 0.15) is 11.4 Å². The number of azo groups is 2. The molecule has 15 heteroatoms. The Bertz CT molecular complexity index is 1330. The average molecular weight is 692 g/mol. The number of benzene rings is 2. The van der Waals surface area contributed by atoms with Crippen LogP contribution in [0.5, 0.6) is 0 Å². The minimum absolute atomic E-state index is 0.802. The molecule has 0 radical (unpaired) electrons. The van der Waals surface area contributed by atoms with Gasteiger partial charge in [0.25, 0.3) is 0 Å². The Hall–Kier alpha value is -2.56. The van der Waals surface area contributed by atoms with E-state index in [1.807, 2.05) is 95.5 Å². The van der Waals surface area contributed by atoms with Crippen LogP contribution in [0.1, 0.15) is 0 Å². The Balaban J connectivity index is 0.000000714. The van der Waals surface area contributed by atoms with Gasteiger partial charge in [-0.05, 0) is 48.5 Å². The molecule has 5 rings (SSSR count). The summed E-state index contributed by atoms with van der Waals surface area (Å²) in [5, 5.41) is 17.5. The van der Waals surface area contributed by atoms with Gasteiger partial charge in [0.05, 0.1) is 53.0 Å². The molecule has 4 aromatic rings. The maximum atomic E-state index is 5.05. The minimum atomic E-state index is -3.36. The first kappa shape index (κ1) is 31.4. The molecule has 1 aliphatic heterocycles. The van der Waals surface area contributed by atoms with Crippen molar-refractivity contribution < 1.29 is 19.9 Å². The predicted octanol–water partition coefficient (Wildman–Crippen LogP) is 6.93. The van der Waals surface area contributed by atoms with Crippen LogP contribution in [-0.4, -0.2) is 35.3 Å². The van der Waals surface area contributed by atoms with Crippen molar-refractivity contribution in [3.63, 3.8) is 0 Å². The summed E-state index contributed by atoms with van der Waals surface area (Å²) in [6.07, 6.45) is 7.84. The zero-order chi connectivity index (χ0) is 29.6. The van der Waals surface area contributed by atoms with Gasteiger partial charge in [-0.2, -0.15) is 0 Å². The fourth-order valence-corrected chi connectivity index (χ4v) is 4.33. The number of rotatable bonds is 6. The van der Waals surface area contributed by atoms with E-state index in [9.17, 15) is 0 Å². The van der Waals surface area contributed by atoms with Gasteiger partial charge in [-0.3, -0.25) is 0 Å². The summed E-state index contributed by atoms with van der Waals surface area (Å²) >= 11 is 0. The second-order valence-corrected chi connectivity index (χ2v) is 37.4. The molecule has 41 heavy (non-hydrogen) atoms. The third-order valence-corrected chi connectivity index (χ3v) is 6.51. The van der Waals surface area contributed by atoms with Crippen LogP contribution in [0.15, 0.2) is 93.8 Å². The van der Waals surface area contributed by atoms with Crippen LogP contribution in [-0.2, 0) is 39.0 Å². The molecule has 0 bridgehead atoms. The van der Waals surface area contributed by atoms with Crippen LogP contribution in [0, 0.1) is 0 Å². The monoisotopic (exact) mass is 688 g/mol. The molecule has 1 saturated heterocycles. The van der Waals surface area contributed by atoms with Crippen molar-refractivity contribution in [3.05, 3.63) is 73.3 Å². The van der Waals surface area contributed by atoms with Gasteiger partial charge in [0, 0.05) is 47.8 Å². The molecule has 0 amide bonds. The van der Waals surface area contributed by atoms with E-state index in [2.05, 4.69) is 54.5 Å². The molecule has 2 aromatic carbocycles. The van der Waals surface area contributed by atoms with Crippen molar-refractivity contribution in [2.75, 3.05) is 36.0 Å². The first-order valence-electron chi connectivity index (χ1n) is 13.1. The molecule has 0 atom stereocenters. The van der Waals surface area contributed by atoms with Gasteiger partial charge >= 0.3 is 61.5 Å². The number of aryl methyl sites for hydroxylation is 4. The van der Waals surface area contributed by atoms with E-state index in [1.165, 1.54) is 11.4 Å². The van der Waals surface area contributed by atoms with Crippen molar-refractivity contribution in [2.24, 2.45) is 48.6 Å². The Morgan fingerprint density at radius 3 is 1.17 bits per heavy atom. The van der Waals surface area contributed by atoms with E-state index < -0.39 is 10.8 Å². The Kier molecular flexibility index (Phi) is 10.8. The summed E-state index contributed by atoms with van der Waals surface area (Å²) in [6.45, 7) is 3.86. The summed E-state index contributed by atoms with van der Waals surface area (Å²) in [5.41, 5.74) is 4.11. The van der Waals surface area contributed by atoms with E-state index in [-0.39, 0.29) is 0 Å². The van der Waals surface area contributed by atoms with Crippen LogP contribution in [0.4, 0.5) is 34.6 Å². The van der Waals surface area contributed by atoms with Crippen LogP contribution < -0.4 is 18.9 Å². The summed E-state index contributed by atoms with van der Waals surface area (Å²) < 4.78 is 7.78. The van der Waals surface area contributed by atoms with Gasteiger partial charge in [-0.25, -0.2) is 18.3 Å². The first-order chi connectivity index (χ1) is 19.5. The quantitative estimate of drug-likeness (QED) is 0.125. The predicted molar refractivity (Wildman–Crippen MR) is 162 cm³/mol. The number of piperazine rings is 1. The molecular formula is C26H32Cl4N10Zn. The summed E-state index contributed by atoms with van der Waals surface area (Å²) in [4.78, 5) is 4.83. The normalized spacial score (nSPS) is 14.1. The molecule has 0 N–H and O–H groups in total. The summed E-state index contributed by atoms with van der Waals surface area (Å²) in [5.74, 6) is 1.60. The molecule has 0 spiro atoms. The fourth-order valence-electron chi connectivity index (χ4n) is 4.33. The van der Waals surface area contributed by atoms with Crippen molar-refractivity contribution >= 4 is 73.4 Å². The van der Waals surface area contributed by atoms with Crippen LogP contribution in [0.2, 0.25) is 0 Å². The summed E-state index contributed by atoms with van der Waals surface area (Å²) in [6, 6.07) is 16.6. The van der Waals surface area contributed by atoms with Gasteiger partial charge in [0.15, 0.2) is 0 Å². The number of imidazole rings is 2. The van der Waals surface area contributed by atoms with E-state index in [0.717, 1.165) is 49.5 Å². The molecule has 216 valence electrons. The number of hydrogen-bond donors (Lipinski definition) is 0. The van der Waals surface area contributed by atoms with E-state index in [1.54, 1.807) is 0 Å². The third kappa shape index (κ3) is 9.22. The molecular weight excluding hydrogens is 660 g/mol. The fraction of sp³-hybridized carbons (Fsp3) is 0.308. The average Bonchev–Trinajstić information content (AvgIpc) is 3.44. The Morgan fingerprint density at radius 1 is 0.585 bits per heavy atom. The molecule has 10 nitrogen and oxygen atoms in total. The van der Waals surface area contributed by atoms with Crippen molar-refractivity contribution in [1.82, 2.24) is 9.13 Å². The Labute approximate surface area is 259 Å². The van der Waals surface area contributed by atoms with Gasteiger partial charge in [-0.1, -0.05) is 10.2 Å². The topological polar surface area (TPSA) is 73.5 Å². The van der Waals surface area contributed by atoms with Crippen molar-refractivity contribution in [1.29, 1.82) is 0 Å². The number of aromatic nitrogens is 4. The zero-order valence-corrected chi connectivity index (χ0v) is 29.4. The molecule has 1 fully saturated rings. The molecule has 3 heterocycles. The van der Waals surface area contributed by atoms with Crippen LogP contribution >= 0.6 is 38.8 Å². The van der Waals surface area contributed by atoms with Crippen LogP contribution in [0.25, 0.3) is 0 Å². The SMILES string of the molecule is Cn1cc[n+](C)c1/N=N/c1ccc(N2CCN(c3ccc(/N=N/c4n(C)cc[n+]4C)cc3)CC2)cc1.[Cl][Zn-2]([Cl])([Cl])[Cl]. The molecule has 0 aliphatic carbocycles. The van der Waals surface area contributed by atoms with Crippen molar-refractivity contribution in [2.45, 2.75) is 0 Å². The second-order valence-electron chi connectivity index (χ2n) is 9.65. The number of halogens is 4. The van der Waals surface area contributed by atoms with E-state index in [0.29, 0.717) is 0 Å². The van der Waals surface area contributed by atoms with Gasteiger partial charge < -0.3 is 9.80 Å². The Morgan fingerprint density at radius 2 is 0.902 bits per heavy atom. The van der Waals surface area contributed by atoms with Crippen LogP contribution in [0.3, 0.4) is 0 Å². The molecule has 0 saturated carbocycles. The van der Waals surface area contributed by atoms with E-state index >= 15 is 0 Å². The van der Waals surface area contributed by atoms with Gasteiger partial charge in [-0.15, -0.1) is 0 Å². The standard InChI is InChI=1S/C26H32N10.4ClH.Zn/c1-31-13-14-32(2)25(31)29-27-21-5-9-23(10-6-21)35-17-19-36(20-18-35)24-11-7-22(8-12-24)28-30-26-33(3)15-16-34(26)4;;;;;/h5-16H,17-20H2,1-4H3;4*1H;/q+2;;;;;+2/p-4. The number of hydrogen-bond acceptors (Lipinski definition) is 6. The maximum absolute atomic E-state index is 5.05. The van der Waals surface area contributed by atoms with Gasteiger partial charge in [0.2, 0.25) is 0 Å². The number of nitrogens with zero attached hydrogens (tertiary/aromatic N) is 10. The molecule has 0 unspecified atom stereocenters. The van der Waals surface area contributed by atoms with E-state index in [4.69, 9.17) is 38.8 Å².